The number of anilines is 2. The van der Waals surface area contributed by atoms with Gasteiger partial charge in [-0.3, -0.25) is 9.59 Å². The molecule has 1 atom stereocenters. The van der Waals surface area contributed by atoms with Crippen LogP contribution < -0.4 is 10.6 Å². The van der Waals surface area contributed by atoms with Crippen LogP contribution >= 0.6 is 23.1 Å². The van der Waals surface area contributed by atoms with E-state index in [0.29, 0.717) is 22.7 Å². The maximum atomic E-state index is 13.3. The van der Waals surface area contributed by atoms with E-state index in [1.54, 1.807) is 18.2 Å². The highest BCUT2D eigenvalue weighted by atomic mass is 32.2. The van der Waals surface area contributed by atoms with Gasteiger partial charge in [-0.25, -0.2) is 4.79 Å². The highest BCUT2D eigenvalue weighted by Crippen LogP contribution is 2.38. The number of furan rings is 1. The van der Waals surface area contributed by atoms with E-state index in [4.69, 9.17) is 9.15 Å². The summed E-state index contributed by atoms with van der Waals surface area (Å²) in [4.78, 5) is 40.3. The van der Waals surface area contributed by atoms with E-state index < -0.39 is 5.97 Å². The van der Waals surface area contributed by atoms with E-state index in [1.807, 2.05) is 25.1 Å². The molecule has 7 nitrogen and oxygen atoms in total. The van der Waals surface area contributed by atoms with Gasteiger partial charge in [0.25, 0.3) is 5.91 Å². The number of carbonyl (C=O) groups is 3. The Kier molecular flexibility index (Phi) is 8.88. The number of hydrogen-bond donors (Lipinski definition) is 2. The first-order valence-electron chi connectivity index (χ1n) is 12.2. The molecule has 2 amide bonds. The van der Waals surface area contributed by atoms with Gasteiger partial charge in [0, 0.05) is 15.5 Å². The minimum absolute atomic E-state index is 0.160. The lowest BCUT2D eigenvalue weighted by Gasteiger charge is -2.15. The predicted molar refractivity (Wildman–Crippen MR) is 143 cm³/mol. The number of thioether (sulfide) groups is 1. The molecule has 190 valence electrons. The molecule has 2 aromatic heterocycles. The first-order valence-corrected chi connectivity index (χ1v) is 13.8. The molecule has 1 aliphatic carbocycles. The zero-order chi connectivity index (χ0) is 25.5. The predicted octanol–water partition coefficient (Wildman–Crippen LogP) is 6.55. The zero-order valence-electron chi connectivity index (χ0n) is 20.4. The van der Waals surface area contributed by atoms with Crippen molar-refractivity contribution in [3.05, 3.63) is 64.4 Å². The van der Waals surface area contributed by atoms with E-state index in [0.717, 1.165) is 42.6 Å². The van der Waals surface area contributed by atoms with Crippen LogP contribution in [0.25, 0.3) is 0 Å². The number of methoxy groups -OCH3 is 1. The Hall–Kier alpha value is -3.04. The highest BCUT2D eigenvalue weighted by Gasteiger charge is 2.28. The third kappa shape index (κ3) is 6.20. The van der Waals surface area contributed by atoms with Crippen molar-refractivity contribution < 1.29 is 23.5 Å². The Morgan fingerprint density at radius 2 is 1.89 bits per heavy atom. The zero-order valence-corrected chi connectivity index (χ0v) is 22.1. The minimum atomic E-state index is -0.399. The van der Waals surface area contributed by atoms with Gasteiger partial charge in [0.1, 0.15) is 5.00 Å². The molecule has 2 N–H and O–H groups in total. The fourth-order valence-corrected chi connectivity index (χ4v) is 6.55. The molecule has 0 spiro atoms. The van der Waals surface area contributed by atoms with Crippen LogP contribution in [0, 0.1) is 0 Å². The van der Waals surface area contributed by atoms with E-state index in [9.17, 15) is 14.4 Å². The van der Waals surface area contributed by atoms with Gasteiger partial charge in [0.2, 0.25) is 5.91 Å². The lowest BCUT2D eigenvalue weighted by Crippen LogP contribution is -2.25. The van der Waals surface area contributed by atoms with E-state index in [2.05, 4.69) is 10.6 Å². The number of rotatable bonds is 8. The van der Waals surface area contributed by atoms with Crippen molar-refractivity contribution in [3.63, 3.8) is 0 Å². The van der Waals surface area contributed by atoms with E-state index in [-0.39, 0.29) is 22.8 Å². The fraction of sp³-hybridized carbons (Fsp3) is 0.370. The summed E-state index contributed by atoms with van der Waals surface area (Å²) in [5.41, 5.74) is 2.15. The first kappa shape index (κ1) is 26.0. The quantitative estimate of drug-likeness (QED) is 0.255. The number of hydrogen-bond acceptors (Lipinski definition) is 7. The number of carbonyl (C=O) groups excluding carboxylic acids is 3. The summed E-state index contributed by atoms with van der Waals surface area (Å²) in [7, 11) is 1.38. The first-order chi connectivity index (χ1) is 17.5. The molecule has 0 fully saturated rings. The summed E-state index contributed by atoms with van der Waals surface area (Å²) in [6, 6.07) is 10.6. The van der Waals surface area contributed by atoms with Gasteiger partial charge >= 0.3 is 5.97 Å². The number of ether oxygens (including phenoxy) is 1. The standard InChI is InChI=1S/C27H30N2O5S2/c1-3-21(35-18-11-8-10-17(16-18)28-24(30)20-13-9-15-34-20)25(31)29-26-23(27(32)33-2)19-12-6-4-5-7-14-22(19)36-26/h8-11,13,15-16,21H,3-7,12,14H2,1-2H3,(H,28,30)(H,29,31). The second kappa shape index (κ2) is 12.3. The van der Waals surface area contributed by atoms with Crippen LogP contribution in [-0.2, 0) is 22.4 Å². The van der Waals surface area contributed by atoms with Crippen LogP contribution in [0.15, 0.2) is 52.0 Å². The monoisotopic (exact) mass is 526 g/mol. The van der Waals surface area contributed by atoms with Crippen LogP contribution in [-0.4, -0.2) is 30.1 Å². The summed E-state index contributed by atoms with van der Waals surface area (Å²) < 4.78 is 10.2. The van der Waals surface area contributed by atoms with Gasteiger partial charge in [-0.1, -0.05) is 25.8 Å². The number of aryl methyl sites for hydroxylation is 1. The summed E-state index contributed by atoms with van der Waals surface area (Å²) in [6.07, 6.45) is 8.23. The third-order valence-electron chi connectivity index (χ3n) is 6.08. The molecule has 0 aliphatic heterocycles. The lowest BCUT2D eigenvalue weighted by atomic mass is 9.96. The van der Waals surface area contributed by atoms with Crippen molar-refractivity contribution in [2.24, 2.45) is 0 Å². The van der Waals surface area contributed by atoms with Crippen molar-refractivity contribution in [2.45, 2.75) is 62.0 Å². The number of fused-ring (bicyclic) bond motifs is 1. The molecular formula is C27H30N2O5S2. The molecule has 1 unspecified atom stereocenters. The lowest BCUT2D eigenvalue weighted by molar-refractivity contribution is -0.115. The molecule has 2 heterocycles. The Morgan fingerprint density at radius 3 is 2.61 bits per heavy atom. The molecule has 1 aliphatic rings. The van der Waals surface area contributed by atoms with Crippen molar-refractivity contribution >= 4 is 51.6 Å². The third-order valence-corrected chi connectivity index (χ3v) is 8.64. The van der Waals surface area contributed by atoms with Crippen LogP contribution in [0.3, 0.4) is 0 Å². The van der Waals surface area contributed by atoms with Gasteiger partial charge in [-0.2, -0.15) is 0 Å². The second-order valence-electron chi connectivity index (χ2n) is 8.58. The molecule has 0 saturated carbocycles. The van der Waals surface area contributed by atoms with Gasteiger partial charge in [-0.05, 0) is 68.0 Å². The number of esters is 1. The normalized spacial score (nSPS) is 14.2. The van der Waals surface area contributed by atoms with Crippen LogP contribution in [0.5, 0.6) is 0 Å². The Morgan fingerprint density at radius 1 is 1.08 bits per heavy atom. The Labute approximate surface area is 219 Å². The summed E-state index contributed by atoms with van der Waals surface area (Å²) in [5, 5.41) is 6.05. The SMILES string of the molecule is CCC(Sc1cccc(NC(=O)c2ccco2)c1)C(=O)Nc1sc2c(c1C(=O)OC)CCCCCC2. The second-order valence-corrected chi connectivity index (χ2v) is 11.0. The maximum absolute atomic E-state index is 13.3. The van der Waals surface area contributed by atoms with Crippen LogP contribution in [0.4, 0.5) is 10.7 Å². The average Bonchev–Trinajstić information content (AvgIpc) is 3.51. The van der Waals surface area contributed by atoms with Gasteiger partial charge in [0.15, 0.2) is 5.76 Å². The average molecular weight is 527 g/mol. The summed E-state index contributed by atoms with van der Waals surface area (Å²) >= 11 is 2.92. The molecule has 36 heavy (non-hydrogen) atoms. The smallest absolute Gasteiger partial charge is 0.341 e. The molecule has 3 aromatic rings. The molecule has 1 aromatic carbocycles. The number of benzene rings is 1. The van der Waals surface area contributed by atoms with Crippen LogP contribution in [0.1, 0.15) is 70.4 Å². The Balaban J connectivity index is 1.49. The molecular weight excluding hydrogens is 496 g/mol. The van der Waals surface area contributed by atoms with Crippen molar-refractivity contribution in [1.82, 2.24) is 0 Å². The molecule has 0 saturated heterocycles. The molecule has 4 rings (SSSR count). The maximum Gasteiger partial charge on any atom is 0.341 e. The molecule has 9 heteroatoms. The van der Waals surface area contributed by atoms with Crippen molar-refractivity contribution in [1.29, 1.82) is 0 Å². The summed E-state index contributed by atoms with van der Waals surface area (Å²) in [6.45, 7) is 1.95. The number of nitrogens with one attached hydrogen (secondary N) is 2. The number of thiophene rings is 1. The van der Waals surface area contributed by atoms with E-state index >= 15 is 0 Å². The fourth-order valence-electron chi connectivity index (χ4n) is 4.25. The largest absolute Gasteiger partial charge is 0.465 e. The molecule has 0 bridgehead atoms. The number of amides is 2. The molecule has 0 radical (unpaired) electrons. The summed E-state index contributed by atoms with van der Waals surface area (Å²) in [5.74, 6) is -0.670. The van der Waals surface area contributed by atoms with Crippen molar-refractivity contribution in [3.8, 4) is 0 Å². The van der Waals surface area contributed by atoms with Crippen LogP contribution in [0.2, 0.25) is 0 Å². The topological polar surface area (TPSA) is 97.6 Å². The van der Waals surface area contributed by atoms with Gasteiger partial charge < -0.3 is 19.8 Å². The Bertz CT molecular complexity index is 1220. The minimum Gasteiger partial charge on any atom is -0.465 e. The van der Waals surface area contributed by atoms with E-state index in [1.165, 1.54) is 47.8 Å². The van der Waals surface area contributed by atoms with Crippen molar-refractivity contribution in [2.75, 3.05) is 17.7 Å². The van der Waals surface area contributed by atoms with Gasteiger partial charge in [-0.15, -0.1) is 23.1 Å². The highest BCUT2D eigenvalue weighted by molar-refractivity contribution is 8.00. The van der Waals surface area contributed by atoms with Gasteiger partial charge in [0.05, 0.1) is 24.2 Å².